The fourth-order valence-electron chi connectivity index (χ4n) is 4.68. The second kappa shape index (κ2) is 12.8. The van der Waals surface area contributed by atoms with Crippen molar-refractivity contribution in [2.75, 3.05) is 6.61 Å². The molecule has 8 nitrogen and oxygen atoms in total. The Morgan fingerprint density at radius 1 is 0.923 bits per heavy atom. The maximum atomic E-state index is 13.0. The number of rotatable bonds is 8. The first-order valence-corrected chi connectivity index (χ1v) is 12.9. The van der Waals surface area contributed by atoms with Gasteiger partial charge in [-0.15, -0.1) is 0 Å². The zero-order chi connectivity index (χ0) is 27.0. The monoisotopic (exact) mass is 529 g/mol. The Morgan fingerprint density at radius 2 is 1.59 bits per heavy atom. The molecule has 2 aliphatic heterocycles. The molecule has 39 heavy (non-hydrogen) atoms. The second-order valence-electron chi connectivity index (χ2n) is 9.39. The molecule has 5 rings (SSSR count). The normalized spacial score (nSPS) is 26.5. The van der Waals surface area contributed by atoms with Gasteiger partial charge < -0.3 is 29.0 Å². The van der Waals surface area contributed by atoms with Crippen LogP contribution in [0.25, 0.3) is 6.08 Å². The molecule has 2 fully saturated rings. The minimum Gasteiger partial charge on any atom is -0.454 e. The zero-order valence-electron chi connectivity index (χ0n) is 21.6. The summed E-state index contributed by atoms with van der Waals surface area (Å²) >= 11 is 0. The smallest absolute Gasteiger partial charge is 0.331 e. The van der Waals surface area contributed by atoms with Crippen LogP contribution in [0.15, 0.2) is 97.1 Å². The topological polar surface area (TPSA) is 92.3 Å². The molecule has 0 saturated carbocycles. The Kier molecular flexibility index (Phi) is 8.80. The van der Waals surface area contributed by atoms with Gasteiger partial charge in [-0.1, -0.05) is 91.0 Å². The average Bonchev–Trinajstić information content (AvgIpc) is 2.97. The van der Waals surface area contributed by atoms with E-state index in [1.807, 2.05) is 91.0 Å². The summed E-state index contributed by atoms with van der Waals surface area (Å²) in [5.41, 5.74) is 2.61. The molecule has 0 bridgehead atoms. The second-order valence-corrected chi connectivity index (χ2v) is 9.39. The van der Waals surface area contributed by atoms with Crippen LogP contribution in [0.1, 0.15) is 29.9 Å². The summed E-state index contributed by atoms with van der Waals surface area (Å²) in [5.74, 6) is -0.893. The first-order valence-electron chi connectivity index (χ1n) is 12.9. The van der Waals surface area contributed by atoms with Crippen LogP contribution in [0, 0.1) is 0 Å². The van der Waals surface area contributed by atoms with E-state index in [1.54, 1.807) is 6.08 Å². The molecule has 3 aromatic rings. The van der Waals surface area contributed by atoms with Crippen LogP contribution in [0.3, 0.4) is 0 Å². The van der Waals surface area contributed by atoms with Gasteiger partial charge in [0.1, 0.15) is 18.2 Å². The maximum Gasteiger partial charge on any atom is 0.331 e. The minimum absolute atomic E-state index is 0.191. The standard InChI is InChI=1S/C31H31NO7/c1-21(33)32-27-29(38-26(34)18-17-22-11-5-2-6-12-22)28-25(20-36-30(39-28)24-15-9-4-10-16-24)37-31(27)35-19-23-13-7-3-8-14-23/h2-18,25,27-31H,19-20H2,1H3,(H,32,33)/b18-17+/t25-,27+,28+,29-,30+,31+/m1/s1. The molecule has 0 aromatic heterocycles. The van der Waals surface area contributed by atoms with E-state index >= 15 is 0 Å². The predicted molar refractivity (Wildman–Crippen MR) is 143 cm³/mol. The van der Waals surface area contributed by atoms with E-state index in [-0.39, 0.29) is 19.1 Å². The maximum absolute atomic E-state index is 13.0. The average molecular weight is 530 g/mol. The van der Waals surface area contributed by atoms with Crippen molar-refractivity contribution in [1.82, 2.24) is 5.32 Å². The van der Waals surface area contributed by atoms with Gasteiger partial charge in [0, 0.05) is 18.6 Å². The number of hydrogen-bond acceptors (Lipinski definition) is 7. The van der Waals surface area contributed by atoms with E-state index in [9.17, 15) is 9.59 Å². The fraction of sp³-hybridized carbons (Fsp3) is 0.290. The summed E-state index contributed by atoms with van der Waals surface area (Å²) in [6.45, 7) is 1.82. The fourth-order valence-corrected chi connectivity index (χ4v) is 4.68. The summed E-state index contributed by atoms with van der Waals surface area (Å²) in [4.78, 5) is 25.3. The molecule has 0 spiro atoms. The van der Waals surface area contributed by atoms with Gasteiger partial charge in [-0.25, -0.2) is 4.79 Å². The highest BCUT2D eigenvalue weighted by atomic mass is 16.8. The molecule has 202 valence electrons. The molecule has 8 heteroatoms. The largest absolute Gasteiger partial charge is 0.454 e. The van der Waals surface area contributed by atoms with Crippen LogP contribution in [0.4, 0.5) is 0 Å². The van der Waals surface area contributed by atoms with Crippen LogP contribution in [0.2, 0.25) is 0 Å². The van der Waals surface area contributed by atoms with Gasteiger partial charge in [0.2, 0.25) is 5.91 Å². The van der Waals surface area contributed by atoms with Crippen molar-refractivity contribution in [3.63, 3.8) is 0 Å². The third kappa shape index (κ3) is 6.99. The molecule has 2 heterocycles. The quantitative estimate of drug-likeness (QED) is 0.346. The summed E-state index contributed by atoms with van der Waals surface area (Å²) in [7, 11) is 0. The summed E-state index contributed by atoms with van der Waals surface area (Å²) in [6.07, 6.45) is -0.773. The lowest BCUT2D eigenvalue weighted by atomic mass is 9.95. The Balaban J connectivity index is 1.40. The van der Waals surface area contributed by atoms with E-state index in [1.165, 1.54) is 13.0 Å². The molecular formula is C31H31NO7. The minimum atomic E-state index is -0.910. The van der Waals surface area contributed by atoms with Crippen molar-refractivity contribution >= 4 is 18.0 Å². The van der Waals surface area contributed by atoms with Gasteiger partial charge in [-0.2, -0.15) is 0 Å². The Hall–Kier alpha value is -3.82. The lowest BCUT2D eigenvalue weighted by Gasteiger charge is -2.48. The van der Waals surface area contributed by atoms with Crippen molar-refractivity contribution in [2.45, 2.75) is 50.5 Å². The van der Waals surface area contributed by atoms with Crippen molar-refractivity contribution in [3.05, 3.63) is 114 Å². The molecule has 6 atom stereocenters. The number of esters is 1. The first kappa shape index (κ1) is 26.8. The highest BCUT2D eigenvalue weighted by Crippen LogP contribution is 2.36. The van der Waals surface area contributed by atoms with E-state index in [0.717, 1.165) is 16.7 Å². The van der Waals surface area contributed by atoms with Gasteiger partial charge in [-0.3, -0.25) is 4.79 Å². The van der Waals surface area contributed by atoms with E-state index < -0.39 is 42.9 Å². The van der Waals surface area contributed by atoms with Gasteiger partial charge in [0.05, 0.1) is 13.2 Å². The number of carbonyl (C=O) groups excluding carboxylic acids is 2. The van der Waals surface area contributed by atoms with E-state index in [0.29, 0.717) is 0 Å². The molecule has 2 saturated heterocycles. The predicted octanol–water partition coefficient (Wildman–Crippen LogP) is 4.17. The van der Waals surface area contributed by atoms with E-state index in [4.69, 9.17) is 23.7 Å². The molecule has 0 aliphatic carbocycles. The third-order valence-electron chi connectivity index (χ3n) is 6.50. The molecule has 3 aromatic carbocycles. The first-order chi connectivity index (χ1) is 19.1. The molecule has 0 radical (unpaired) electrons. The van der Waals surface area contributed by atoms with Gasteiger partial charge >= 0.3 is 5.97 Å². The van der Waals surface area contributed by atoms with Gasteiger partial charge in [-0.05, 0) is 17.2 Å². The third-order valence-corrected chi connectivity index (χ3v) is 6.50. The van der Waals surface area contributed by atoms with Crippen LogP contribution in [0.5, 0.6) is 0 Å². The molecule has 2 aliphatic rings. The number of nitrogens with one attached hydrogen (secondary N) is 1. The Morgan fingerprint density at radius 3 is 2.28 bits per heavy atom. The SMILES string of the molecule is CC(=O)N[C@@H]1[C@@H](OCc2ccccc2)O[C@@H]2CO[C@H](c3ccccc3)O[C@@H]2[C@@H]1OC(=O)/C=C/c1ccccc1. The Bertz CT molecular complexity index is 1250. The zero-order valence-corrected chi connectivity index (χ0v) is 21.6. The van der Waals surface area contributed by atoms with Crippen molar-refractivity contribution in [1.29, 1.82) is 0 Å². The van der Waals surface area contributed by atoms with Gasteiger partial charge in [0.25, 0.3) is 0 Å². The van der Waals surface area contributed by atoms with Crippen molar-refractivity contribution < 1.29 is 33.3 Å². The van der Waals surface area contributed by atoms with Crippen LogP contribution < -0.4 is 5.32 Å². The van der Waals surface area contributed by atoms with Gasteiger partial charge in [0.15, 0.2) is 18.7 Å². The molecule has 1 N–H and O–H groups in total. The van der Waals surface area contributed by atoms with Crippen LogP contribution >= 0.6 is 0 Å². The summed E-state index contributed by atoms with van der Waals surface area (Å²) in [6, 6.07) is 27.7. The van der Waals surface area contributed by atoms with Crippen LogP contribution in [-0.4, -0.2) is 49.1 Å². The number of carbonyl (C=O) groups is 2. The van der Waals surface area contributed by atoms with Crippen LogP contribution in [-0.2, 0) is 39.9 Å². The summed E-state index contributed by atoms with van der Waals surface area (Å²) in [5, 5.41) is 2.87. The Labute approximate surface area is 227 Å². The molecule has 0 unspecified atom stereocenters. The number of hydrogen-bond donors (Lipinski definition) is 1. The lowest BCUT2D eigenvalue weighted by Crippen LogP contribution is -2.67. The van der Waals surface area contributed by atoms with Crippen molar-refractivity contribution in [3.8, 4) is 0 Å². The highest BCUT2D eigenvalue weighted by molar-refractivity contribution is 5.87. The van der Waals surface area contributed by atoms with E-state index in [2.05, 4.69) is 5.32 Å². The summed E-state index contributed by atoms with van der Waals surface area (Å²) < 4.78 is 30.7. The molecule has 1 amide bonds. The van der Waals surface area contributed by atoms with Crippen molar-refractivity contribution in [2.24, 2.45) is 0 Å². The molecular weight excluding hydrogens is 498 g/mol. The highest BCUT2D eigenvalue weighted by Gasteiger charge is 2.52. The number of benzene rings is 3. The lowest BCUT2D eigenvalue weighted by molar-refractivity contribution is -0.346. The number of ether oxygens (including phenoxy) is 5. The number of amides is 1. The number of fused-ring (bicyclic) bond motifs is 1.